The van der Waals surface area contributed by atoms with Crippen LogP contribution in [-0.4, -0.2) is 50.5 Å². The van der Waals surface area contributed by atoms with Gasteiger partial charge in [0, 0.05) is 5.56 Å². The molecule has 4 nitrogen and oxygen atoms in total. The quantitative estimate of drug-likeness (QED) is 0.650. The van der Waals surface area contributed by atoms with E-state index in [0.717, 1.165) is 39.0 Å². The Balaban J connectivity index is 1.19. The maximum absolute atomic E-state index is 10.5. The molecule has 150 valence electrons. The van der Waals surface area contributed by atoms with Gasteiger partial charge >= 0.3 is 0 Å². The smallest absolute Gasteiger partial charge is 0.127 e. The van der Waals surface area contributed by atoms with Gasteiger partial charge in [-0.05, 0) is 30.4 Å². The van der Waals surface area contributed by atoms with Gasteiger partial charge in [0.05, 0.1) is 12.7 Å². The van der Waals surface area contributed by atoms with E-state index < -0.39 is 0 Å². The fraction of sp³-hybridized carbons (Fsp3) is 0.500. The van der Waals surface area contributed by atoms with Crippen LogP contribution in [0.25, 0.3) is 0 Å². The van der Waals surface area contributed by atoms with Crippen molar-refractivity contribution in [3.63, 3.8) is 0 Å². The normalized spacial score (nSPS) is 25.8. The zero-order valence-electron chi connectivity index (χ0n) is 16.8. The first-order valence-corrected chi connectivity index (χ1v) is 10.9. The van der Waals surface area contributed by atoms with Crippen molar-refractivity contribution in [1.29, 1.82) is 0 Å². The Labute approximate surface area is 168 Å². The van der Waals surface area contributed by atoms with E-state index in [9.17, 15) is 5.11 Å². The lowest BCUT2D eigenvalue weighted by molar-refractivity contribution is -1.02. The van der Waals surface area contributed by atoms with E-state index in [1.165, 1.54) is 41.1 Å². The van der Waals surface area contributed by atoms with Crippen molar-refractivity contribution < 1.29 is 19.6 Å². The van der Waals surface area contributed by atoms with Crippen LogP contribution in [0.3, 0.4) is 0 Å². The molecule has 0 bridgehead atoms. The van der Waals surface area contributed by atoms with Crippen molar-refractivity contribution in [1.82, 2.24) is 0 Å². The highest BCUT2D eigenvalue weighted by Crippen LogP contribution is 2.32. The lowest BCUT2D eigenvalue weighted by atomic mass is 9.89. The summed E-state index contributed by atoms with van der Waals surface area (Å²) in [5, 5.41) is 10.5. The van der Waals surface area contributed by atoms with Crippen molar-refractivity contribution in [2.45, 2.75) is 38.0 Å². The van der Waals surface area contributed by atoms with Crippen LogP contribution >= 0.6 is 0 Å². The second-order valence-corrected chi connectivity index (χ2v) is 8.43. The SMILES string of the molecule is O[C@H](CO[C@@H]1CCCc2ccccc21)C[NH+]1CC[NH+](Cc2ccccc2)CC1. The molecule has 2 atom stereocenters. The zero-order valence-corrected chi connectivity index (χ0v) is 16.8. The summed E-state index contributed by atoms with van der Waals surface area (Å²) in [6, 6.07) is 19.4. The van der Waals surface area contributed by atoms with Gasteiger partial charge in [-0.3, -0.25) is 0 Å². The third-order valence-electron chi connectivity index (χ3n) is 6.29. The predicted octanol–water partition coefficient (Wildman–Crippen LogP) is 0.425. The van der Waals surface area contributed by atoms with Crippen LogP contribution in [0, 0.1) is 0 Å². The number of benzene rings is 2. The lowest BCUT2D eigenvalue weighted by Crippen LogP contribution is -3.28. The summed E-state index contributed by atoms with van der Waals surface area (Å²) in [4.78, 5) is 3.16. The minimum Gasteiger partial charge on any atom is -0.385 e. The van der Waals surface area contributed by atoms with Gasteiger partial charge < -0.3 is 19.6 Å². The highest BCUT2D eigenvalue weighted by Gasteiger charge is 2.26. The maximum atomic E-state index is 10.5. The topological polar surface area (TPSA) is 38.3 Å². The molecule has 0 amide bonds. The number of aryl methyl sites for hydroxylation is 1. The third kappa shape index (κ3) is 5.21. The Hall–Kier alpha value is -1.72. The molecule has 3 N–H and O–H groups in total. The Kier molecular flexibility index (Phi) is 6.76. The molecule has 1 saturated heterocycles. The largest absolute Gasteiger partial charge is 0.385 e. The number of aliphatic hydroxyl groups excluding tert-OH is 1. The van der Waals surface area contributed by atoms with Gasteiger partial charge in [-0.1, -0.05) is 54.6 Å². The molecule has 2 aromatic carbocycles. The van der Waals surface area contributed by atoms with E-state index in [1.807, 2.05) is 0 Å². The molecule has 1 aliphatic heterocycles. The first kappa shape index (κ1) is 19.6. The molecule has 0 radical (unpaired) electrons. The van der Waals surface area contributed by atoms with Gasteiger partial charge in [0.1, 0.15) is 45.4 Å². The standard InChI is InChI=1S/C24H32N2O2/c27-22(19-28-24-12-6-10-21-9-4-5-11-23(21)24)18-26-15-13-25(14-16-26)17-20-7-2-1-3-8-20/h1-5,7-9,11,22,24,27H,6,10,12-19H2/p+2/t22-,24+/m0/s1. The average Bonchev–Trinajstić information content (AvgIpc) is 2.74. The molecule has 1 aliphatic carbocycles. The van der Waals surface area contributed by atoms with E-state index in [2.05, 4.69) is 54.6 Å². The van der Waals surface area contributed by atoms with Crippen molar-refractivity contribution in [3.8, 4) is 0 Å². The van der Waals surface area contributed by atoms with Crippen molar-refractivity contribution in [2.24, 2.45) is 0 Å². The molecule has 1 fully saturated rings. The van der Waals surface area contributed by atoms with Crippen LogP contribution in [0.5, 0.6) is 0 Å². The minimum atomic E-state index is -0.375. The number of ether oxygens (including phenoxy) is 1. The van der Waals surface area contributed by atoms with Gasteiger partial charge in [-0.15, -0.1) is 0 Å². The van der Waals surface area contributed by atoms with Crippen LogP contribution in [0.1, 0.15) is 35.6 Å². The van der Waals surface area contributed by atoms with E-state index in [-0.39, 0.29) is 12.2 Å². The molecule has 0 saturated carbocycles. The van der Waals surface area contributed by atoms with Gasteiger partial charge in [0.25, 0.3) is 0 Å². The molecule has 28 heavy (non-hydrogen) atoms. The van der Waals surface area contributed by atoms with Crippen LogP contribution in [0.4, 0.5) is 0 Å². The summed E-state index contributed by atoms with van der Waals surface area (Å²) in [5.41, 5.74) is 4.16. The lowest BCUT2D eigenvalue weighted by Gasteiger charge is -2.31. The number of aliphatic hydroxyl groups is 1. The Morgan fingerprint density at radius 2 is 1.64 bits per heavy atom. The van der Waals surface area contributed by atoms with Crippen molar-refractivity contribution >= 4 is 0 Å². The minimum absolute atomic E-state index is 0.154. The number of rotatable bonds is 7. The molecule has 0 aromatic heterocycles. The Morgan fingerprint density at radius 1 is 0.929 bits per heavy atom. The first-order chi connectivity index (χ1) is 13.8. The molecule has 0 unspecified atom stereocenters. The number of piperazine rings is 1. The fourth-order valence-corrected chi connectivity index (χ4v) is 4.72. The van der Waals surface area contributed by atoms with Crippen LogP contribution < -0.4 is 9.80 Å². The summed E-state index contributed by atoms with van der Waals surface area (Å²) >= 11 is 0. The van der Waals surface area contributed by atoms with E-state index in [4.69, 9.17) is 4.74 Å². The number of hydrogen-bond donors (Lipinski definition) is 3. The zero-order chi connectivity index (χ0) is 19.2. The van der Waals surface area contributed by atoms with Crippen molar-refractivity contribution in [3.05, 3.63) is 71.3 Å². The second kappa shape index (κ2) is 9.66. The second-order valence-electron chi connectivity index (χ2n) is 8.43. The summed E-state index contributed by atoms with van der Waals surface area (Å²) in [5.74, 6) is 0. The molecule has 2 aromatic rings. The fourth-order valence-electron chi connectivity index (χ4n) is 4.72. The van der Waals surface area contributed by atoms with E-state index in [1.54, 1.807) is 4.90 Å². The molecule has 4 rings (SSSR count). The summed E-state index contributed by atoms with van der Waals surface area (Å²) in [6.45, 7) is 6.97. The number of nitrogens with one attached hydrogen (secondary N) is 2. The summed E-state index contributed by atoms with van der Waals surface area (Å²) < 4.78 is 6.14. The molecular formula is C24H34N2O2+2. The third-order valence-corrected chi connectivity index (χ3v) is 6.29. The Bertz CT molecular complexity index is 728. The van der Waals surface area contributed by atoms with Gasteiger partial charge in [-0.2, -0.15) is 0 Å². The van der Waals surface area contributed by atoms with E-state index in [0.29, 0.717) is 6.61 Å². The highest BCUT2D eigenvalue weighted by molar-refractivity contribution is 5.31. The maximum Gasteiger partial charge on any atom is 0.127 e. The first-order valence-electron chi connectivity index (χ1n) is 10.9. The number of quaternary nitrogens is 2. The molecule has 2 aliphatic rings. The van der Waals surface area contributed by atoms with Crippen LogP contribution in [0.15, 0.2) is 54.6 Å². The Morgan fingerprint density at radius 3 is 2.46 bits per heavy atom. The van der Waals surface area contributed by atoms with E-state index >= 15 is 0 Å². The molecule has 4 heteroatoms. The highest BCUT2D eigenvalue weighted by atomic mass is 16.5. The van der Waals surface area contributed by atoms with Gasteiger partial charge in [-0.25, -0.2) is 0 Å². The van der Waals surface area contributed by atoms with Crippen LogP contribution in [0.2, 0.25) is 0 Å². The summed E-state index contributed by atoms with van der Waals surface area (Å²) in [6.07, 6.45) is 3.17. The monoisotopic (exact) mass is 382 g/mol. The van der Waals surface area contributed by atoms with Gasteiger partial charge in [0.15, 0.2) is 0 Å². The van der Waals surface area contributed by atoms with Gasteiger partial charge in [0.2, 0.25) is 0 Å². The number of fused-ring (bicyclic) bond motifs is 1. The summed E-state index contributed by atoms with van der Waals surface area (Å²) in [7, 11) is 0. The molecular weight excluding hydrogens is 348 g/mol. The van der Waals surface area contributed by atoms with Crippen molar-refractivity contribution in [2.75, 3.05) is 39.3 Å². The average molecular weight is 383 g/mol. The van der Waals surface area contributed by atoms with Crippen LogP contribution in [-0.2, 0) is 17.7 Å². The number of hydrogen-bond acceptors (Lipinski definition) is 2. The molecule has 0 spiro atoms. The molecule has 1 heterocycles. The predicted molar refractivity (Wildman–Crippen MR) is 110 cm³/mol.